The zero-order chi connectivity index (χ0) is 13.3. The van der Waals surface area contributed by atoms with Gasteiger partial charge in [0, 0.05) is 9.80 Å². The van der Waals surface area contributed by atoms with Gasteiger partial charge < -0.3 is 4.74 Å². The monoisotopic (exact) mass is 264 g/mol. The Hall–Kier alpha value is -0.930. The maximum Gasteiger partial charge on any atom is 0.117 e. The molecule has 3 heteroatoms. The summed E-state index contributed by atoms with van der Waals surface area (Å²) < 4.78 is 18.1. The van der Waals surface area contributed by atoms with E-state index in [0.29, 0.717) is 5.92 Å². The highest BCUT2D eigenvalue weighted by Crippen LogP contribution is 2.33. The van der Waals surface area contributed by atoms with Crippen molar-refractivity contribution in [2.75, 3.05) is 0 Å². The summed E-state index contributed by atoms with van der Waals surface area (Å²) in [6.45, 7) is 8.24. The molecule has 0 spiro atoms. The van der Waals surface area contributed by atoms with Crippen molar-refractivity contribution < 1.29 is 8.95 Å². The Morgan fingerprint density at radius 2 is 1.89 bits per heavy atom. The lowest BCUT2D eigenvalue weighted by atomic mass is 10.2. The van der Waals surface area contributed by atoms with Gasteiger partial charge in [-0.2, -0.15) is 0 Å². The second-order valence-electron chi connectivity index (χ2n) is 5.16. The summed E-state index contributed by atoms with van der Waals surface area (Å²) in [6.07, 6.45) is 2.31. The molecule has 0 aliphatic carbocycles. The quantitative estimate of drug-likeness (QED) is 0.780. The van der Waals surface area contributed by atoms with Gasteiger partial charge >= 0.3 is 0 Å². The molecule has 0 aromatic heterocycles. The molecule has 1 aromatic carbocycles. The molecule has 1 heterocycles. The lowest BCUT2D eigenvalue weighted by Crippen LogP contribution is -2.06. The van der Waals surface area contributed by atoms with E-state index in [1.165, 1.54) is 5.56 Å². The van der Waals surface area contributed by atoms with E-state index in [2.05, 4.69) is 19.9 Å². The third-order valence-corrected chi connectivity index (χ3v) is 4.44. The Morgan fingerprint density at radius 1 is 1.33 bits per heavy atom. The van der Waals surface area contributed by atoms with Gasteiger partial charge in [0.2, 0.25) is 0 Å². The SMILES string of the molecule is Cc1ccc([S@](=O)/C(=C/C(C)C)[C@H]2O[C@@H]2C)cc1. The second-order valence-corrected chi connectivity index (χ2v) is 6.64. The number of epoxide rings is 1. The molecule has 0 saturated carbocycles. The van der Waals surface area contributed by atoms with Crippen molar-refractivity contribution in [3.8, 4) is 0 Å². The average molecular weight is 264 g/mol. The summed E-state index contributed by atoms with van der Waals surface area (Å²) in [6, 6.07) is 7.87. The van der Waals surface area contributed by atoms with Crippen LogP contribution in [-0.4, -0.2) is 16.4 Å². The number of benzene rings is 1. The summed E-state index contributed by atoms with van der Waals surface area (Å²) in [7, 11) is -1.10. The number of allylic oxidation sites excluding steroid dienone is 1. The zero-order valence-corrected chi connectivity index (χ0v) is 12.2. The minimum absolute atomic E-state index is 0.0366. The highest BCUT2D eigenvalue weighted by atomic mass is 32.2. The third-order valence-electron chi connectivity index (χ3n) is 2.94. The first-order chi connectivity index (χ1) is 8.49. The first kappa shape index (κ1) is 13.5. The van der Waals surface area contributed by atoms with E-state index in [1.54, 1.807) is 0 Å². The Morgan fingerprint density at radius 3 is 2.33 bits per heavy atom. The van der Waals surface area contributed by atoms with Crippen molar-refractivity contribution >= 4 is 10.8 Å². The molecule has 1 aliphatic rings. The first-order valence-corrected chi connectivity index (χ1v) is 7.49. The normalized spacial score (nSPS) is 25.3. The van der Waals surface area contributed by atoms with Gasteiger partial charge in [-0.15, -0.1) is 0 Å². The zero-order valence-electron chi connectivity index (χ0n) is 11.3. The maximum atomic E-state index is 12.6. The van der Waals surface area contributed by atoms with Gasteiger partial charge in [-0.1, -0.05) is 37.6 Å². The van der Waals surface area contributed by atoms with E-state index >= 15 is 0 Å². The van der Waals surface area contributed by atoms with Gasteiger partial charge in [0.1, 0.15) is 6.10 Å². The lowest BCUT2D eigenvalue weighted by Gasteiger charge is -2.07. The Balaban J connectivity index is 2.26. The molecule has 1 aromatic rings. The molecule has 98 valence electrons. The summed E-state index contributed by atoms with van der Waals surface area (Å²) in [5, 5.41) is 0. The van der Waals surface area contributed by atoms with E-state index in [0.717, 1.165) is 9.80 Å². The van der Waals surface area contributed by atoms with Gasteiger partial charge in [0.05, 0.1) is 16.9 Å². The highest BCUT2D eigenvalue weighted by Gasteiger charge is 2.40. The number of hydrogen-bond donors (Lipinski definition) is 0. The van der Waals surface area contributed by atoms with Crippen molar-refractivity contribution in [2.45, 2.75) is 44.8 Å². The van der Waals surface area contributed by atoms with Crippen molar-refractivity contribution in [3.63, 3.8) is 0 Å². The molecule has 1 fully saturated rings. The van der Waals surface area contributed by atoms with Crippen LogP contribution in [0.5, 0.6) is 0 Å². The van der Waals surface area contributed by atoms with Crippen LogP contribution in [0.3, 0.4) is 0 Å². The maximum absolute atomic E-state index is 12.6. The number of hydrogen-bond acceptors (Lipinski definition) is 2. The Labute approximate surface area is 112 Å². The fourth-order valence-electron chi connectivity index (χ4n) is 1.87. The van der Waals surface area contributed by atoms with E-state index in [-0.39, 0.29) is 12.2 Å². The Bertz CT molecular complexity index is 474. The standard InChI is InChI=1S/C15H20O2S/c1-10(2)9-14(15-12(4)17-15)18(16)13-7-5-11(3)6-8-13/h5-10,12,15H,1-4H3/b14-9+/t12-,15+,18+/m1/s1. The van der Waals surface area contributed by atoms with Crippen molar-refractivity contribution in [1.29, 1.82) is 0 Å². The summed E-state index contributed by atoms with van der Waals surface area (Å²) >= 11 is 0. The molecule has 0 radical (unpaired) electrons. The predicted molar refractivity (Wildman–Crippen MR) is 74.8 cm³/mol. The molecule has 3 atom stereocenters. The number of ether oxygens (including phenoxy) is 1. The largest absolute Gasteiger partial charge is 0.364 e. The third kappa shape index (κ3) is 3.09. The van der Waals surface area contributed by atoms with E-state index in [1.807, 2.05) is 38.1 Å². The first-order valence-electron chi connectivity index (χ1n) is 6.34. The van der Waals surface area contributed by atoms with Crippen LogP contribution in [0.2, 0.25) is 0 Å². The predicted octanol–water partition coefficient (Wildman–Crippen LogP) is 3.43. The topological polar surface area (TPSA) is 29.6 Å². The van der Waals surface area contributed by atoms with Crippen molar-refractivity contribution in [2.24, 2.45) is 5.92 Å². The van der Waals surface area contributed by atoms with Gasteiger partial charge in [-0.3, -0.25) is 0 Å². The summed E-state index contributed by atoms with van der Waals surface area (Å²) in [5.74, 6) is 0.380. The fraction of sp³-hybridized carbons (Fsp3) is 0.467. The van der Waals surface area contributed by atoms with Crippen LogP contribution >= 0.6 is 0 Å². The van der Waals surface area contributed by atoms with Crippen LogP contribution < -0.4 is 0 Å². The van der Waals surface area contributed by atoms with Gasteiger partial charge in [-0.05, 0) is 31.9 Å². The van der Waals surface area contributed by atoms with E-state index < -0.39 is 10.8 Å². The van der Waals surface area contributed by atoms with E-state index in [9.17, 15) is 4.21 Å². The molecule has 0 bridgehead atoms. The van der Waals surface area contributed by atoms with Crippen LogP contribution in [0.1, 0.15) is 26.3 Å². The van der Waals surface area contributed by atoms with Crippen LogP contribution in [0, 0.1) is 12.8 Å². The number of rotatable bonds is 4. The van der Waals surface area contributed by atoms with Crippen LogP contribution in [0.25, 0.3) is 0 Å². The highest BCUT2D eigenvalue weighted by molar-refractivity contribution is 7.89. The average Bonchev–Trinajstić information content (AvgIpc) is 3.03. The van der Waals surface area contributed by atoms with Gasteiger partial charge in [-0.25, -0.2) is 4.21 Å². The molecule has 2 rings (SSSR count). The Kier molecular flexibility index (Phi) is 4.03. The molecule has 0 N–H and O–H groups in total. The molecule has 0 amide bonds. The minimum Gasteiger partial charge on any atom is -0.364 e. The van der Waals surface area contributed by atoms with Gasteiger partial charge in [0.25, 0.3) is 0 Å². The second kappa shape index (κ2) is 5.37. The summed E-state index contributed by atoms with van der Waals surface area (Å²) in [5.41, 5.74) is 1.18. The minimum atomic E-state index is -1.10. The smallest absolute Gasteiger partial charge is 0.117 e. The molecule has 2 nitrogen and oxygen atoms in total. The van der Waals surface area contributed by atoms with E-state index in [4.69, 9.17) is 4.74 Å². The molecule has 1 saturated heterocycles. The van der Waals surface area contributed by atoms with Crippen LogP contribution in [-0.2, 0) is 15.5 Å². The van der Waals surface area contributed by atoms with Crippen molar-refractivity contribution in [3.05, 3.63) is 40.8 Å². The van der Waals surface area contributed by atoms with Crippen molar-refractivity contribution in [1.82, 2.24) is 0 Å². The molecular weight excluding hydrogens is 244 g/mol. The number of aryl methyl sites for hydroxylation is 1. The molecule has 18 heavy (non-hydrogen) atoms. The van der Waals surface area contributed by atoms with Gasteiger partial charge in [0.15, 0.2) is 0 Å². The van der Waals surface area contributed by atoms with Crippen LogP contribution in [0.4, 0.5) is 0 Å². The summed E-state index contributed by atoms with van der Waals surface area (Å²) in [4.78, 5) is 1.77. The fourth-order valence-corrected chi connectivity index (χ4v) is 3.38. The molecular formula is C15H20O2S. The van der Waals surface area contributed by atoms with Crippen LogP contribution in [0.15, 0.2) is 40.1 Å². The lowest BCUT2D eigenvalue weighted by molar-refractivity contribution is 0.398. The molecule has 0 unspecified atom stereocenters. The molecule has 1 aliphatic heterocycles.